The maximum absolute atomic E-state index is 9.22. The van der Waals surface area contributed by atoms with E-state index in [4.69, 9.17) is 5.26 Å². The number of aryl methyl sites for hydroxylation is 1. The smallest absolute Gasteiger partial charge is 0.217 e. The number of hydrogen-bond acceptors (Lipinski definition) is 5. The van der Waals surface area contributed by atoms with Crippen molar-refractivity contribution < 1.29 is 21.7 Å². The zero-order valence-corrected chi connectivity index (χ0v) is 9.06. The number of rotatable bonds is 1. The van der Waals surface area contributed by atoms with Gasteiger partial charge in [0.1, 0.15) is 18.7 Å². The van der Waals surface area contributed by atoms with Crippen molar-refractivity contribution in [3.8, 4) is 6.07 Å². The van der Waals surface area contributed by atoms with Crippen LogP contribution in [0, 0.1) is 11.3 Å². The highest BCUT2D eigenvalue weighted by Crippen LogP contribution is 1.87. The van der Waals surface area contributed by atoms with Crippen LogP contribution in [0.25, 0.3) is 0 Å². The van der Waals surface area contributed by atoms with E-state index in [0.29, 0.717) is 5.56 Å². The van der Waals surface area contributed by atoms with Crippen molar-refractivity contribution in [1.82, 2.24) is 0 Å². The molecule has 0 saturated heterocycles. The molecule has 0 aliphatic heterocycles. The van der Waals surface area contributed by atoms with Gasteiger partial charge in [0.15, 0.2) is 12.4 Å². The number of hydrogen-bond donors (Lipinski definition) is 0. The summed E-state index contributed by atoms with van der Waals surface area (Å²) in [5, 5.41) is 8.40. The molecule has 7 heteroatoms. The van der Waals surface area contributed by atoms with Crippen LogP contribution in [0.3, 0.4) is 0 Å². The molecule has 0 N–H and O–H groups in total. The van der Waals surface area contributed by atoms with Crippen molar-refractivity contribution in [3.05, 3.63) is 30.1 Å². The highest BCUT2D eigenvalue weighted by Gasteiger charge is 1.92. The van der Waals surface area contributed by atoms with Gasteiger partial charge in [0.05, 0.1) is 7.11 Å². The van der Waals surface area contributed by atoms with Gasteiger partial charge in [-0.15, -0.1) is 0 Å². The largest absolute Gasteiger partial charge is 0.726 e. The van der Waals surface area contributed by atoms with Crippen LogP contribution in [0.4, 0.5) is 0 Å². The molecule has 0 aliphatic rings. The number of nitrogens with zero attached hydrogens (tertiary/aromatic N) is 2. The van der Waals surface area contributed by atoms with Gasteiger partial charge in [0, 0.05) is 6.07 Å². The van der Waals surface area contributed by atoms with Crippen molar-refractivity contribution in [2.45, 2.75) is 0 Å². The fourth-order valence-corrected chi connectivity index (χ4v) is 0.654. The fraction of sp³-hybridized carbons (Fsp3) is 0.250. The summed E-state index contributed by atoms with van der Waals surface area (Å²) < 4.78 is 32.9. The maximum Gasteiger partial charge on any atom is 0.217 e. The summed E-state index contributed by atoms with van der Waals surface area (Å²) in [7, 11) is -1.71. The summed E-state index contributed by atoms with van der Waals surface area (Å²) >= 11 is 0. The molecule has 82 valence electrons. The van der Waals surface area contributed by atoms with Gasteiger partial charge in [-0.2, -0.15) is 5.26 Å². The van der Waals surface area contributed by atoms with Gasteiger partial charge in [0.2, 0.25) is 10.4 Å². The van der Waals surface area contributed by atoms with E-state index in [1.54, 1.807) is 12.3 Å². The molecule has 6 nitrogen and oxygen atoms in total. The lowest BCUT2D eigenvalue weighted by atomic mass is 10.3. The van der Waals surface area contributed by atoms with Crippen LogP contribution in [-0.2, 0) is 21.6 Å². The van der Waals surface area contributed by atoms with Crippen molar-refractivity contribution in [3.63, 3.8) is 0 Å². The second-order valence-corrected chi connectivity index (χ2v) is 3.59. The monoisotopic (exact) mass is 230 g/mol. The minimum Gasteiger partial charge on any atom is -0.726 e. The van der Waals surface area contributed by atoms with Crippen molar-refractivity contribution in [1.29, 1.82) is 5.26 Å². The molecule has 1 rings (SSSR count). The Hall–Kier alpha value is -1.49. The fourth-order valence-electron chi connectivity index (χ4n) is 0.654. The molecule has 0 aromatic carbocycles. The normalized spacial score (nSPS) is 9.73. The van der Waals surface area contributed by atoms with Crippen LogP contribution in [-0.4, -0.2) is 20.1 Å². The van der Waals surface area contributed by atoms with Gasteiger partial charge < -0.3 is 4.55 Å². The minimum absolute atomic E-state index is 0.694. The molecular weight excluding hydrogens is 220 g/mol. The van der Waals surface area contributed by atoms with Crippen LogP contribution in [0.1, 0.15) is 5.56 Å². The van der Waals surface area contributed by atoms with Crippen LogP contribution < -0.4 is 4.57 Å². The average Bonchev–Trinajstić information content (AvgIpc) is 2.18. The Bertz CT molecular complexity index is 450. The predicted octanol–water partition coefficient (Wildman–Crippen LogP) is -0.524. The lowest BCUT2D eigenvalue weighted by Gasteiger charge is -1.98. The molecule has 0 aliphatic carbocycles. The number of aromatic nitrogens is 1. The summed E-state index contributed by atoms with van der Waals surface area (Å²) in [4.78, 5) is 0. The van der Waals surface area contributed by atoms with Crippen LogP contribution >= 0.6 is 0 Å². The Labute approximate surface area is 88.3 Å². The minimum atomic E-state index is -4.41. The topological polar surface area (TPSA) is 94.1 Å². The molecule has 0 spiro atoms. The third-order valence-corrected chi connectivity index (χ3v) is 1.68. The molecule has 1 aromatic rings. The zero-order valence-electron chi connectivity index (χ0n) is 8.25. The molecule has 1 heterocycles. The Morgan fingerprint density at radius 3 is 2.40 bits per heavy atom. The van der Waals surface area contributed by atoms with E-state index in [2.05, 4.69) is 4.18 Å². The molecule has 15 heavy (non-hydrogen) atoms. The molecule has 0 atom stereocenters. The molecule has 0 amide bonds. The van der Waals surface area contributed by atoms with Crippen LogP contribution in [0.15, 0.2) is 24.5 Å². The third kappa shape index (κ3) is 7.57. The zero-order chi connectivity index (χ0) is 11.9. The van der Waals surface area contributed by atoms with Gasteiger partial charge in [-0.25, -0.2) is 13.0 Å². The molecule has 1 aromatic heterocycles. The Morgan fingerprint density at radius 2 is 2.13 bits per heavy atom. The van der Waals surface area contributed by atoms with E-state index in [9.17, 15) is 13.0 Å². The summed E-state index contributed by atoms with van der Waals surface area (Å²) in [5.74, 6) is 0. The molecule has 0 saturated carbocycles. The van der Waals surface area contributed by atoms with Gasteiger partial charge in [0.25, 0.3) is 0 Å². The first-order valence-electron chi connectivity index (χ1n) is 3.76. The average molecular weight is 230 g/mol. The quantitative estimate of drug-likeness (QED) is 0.367. The van der Waals surface area contributed by atoms with Crippen molar-refractivity contribution in [2.75, 3.05) is 7.11 Å². The first-order valence-corrected chi connectivity index (χ1v) is 5.09. The van der Waals surface area contributed by atoms with E-state index in [0.717, 1.165) is 7.11 Å². The first kappa shape index (κ1) is 13.5. The van der Waals surface area contributed by atoms with Gasteiger partial charge >= 0.3 is 0 Å². The van der Waals surface area contributed by atoms with E-state index in [1.165, 1.54) is 0 Å². The highest BCUT2D eigenvalue weighted by atomic mass is 32.3. The maximum atomic E-state index is 9.22. The van der Waals surface area contributed by atoms with E-state index >= 15 is 0 Å². The summed E-state index contributed by atoms with van der Waals surface area (Å²) in [6.07, 6.45) is 3.67. The second kappa shape index (κ2) is 6.08. The van der Waals surface area contributed by atoms with Gasteiger partial charge in [-0.05, 0) is 6.07 Å². The summed E-state index contributed by atoms with van der Waals surface area (Å²) in [6, 6.07) is 5.67. The molecule has 0 radical (unpaired) electrons. The molecule has 0 bridgehead atoms. The Balaban J connectivity index is 0.000000288. The number of pyridine rings is 1. The highest BCUT2D eigenvalue weighted by molar-refractivity contribution is 7.80. The second-order valence-electron chi connectivity index (χ2n) is 2.44. The number of nitriles is 1. The lowest BCUT2D eigenvalue weighted by molar-refractivity contribution is -0.671. The SMILES string of the molecule is COS(=O)(=O)[O-].C[n+]1cccc(C#N)c1. The lowest BCUT2D eigenvalue weighted by Crippen LogP contribution is -2.26. The Kier molecular flexibility index (Phi) is 5.48. The third-order valence-electron chi connectivity index (χ3n) is 1.27. The van der Waals surface area contributed by atoms with E-state index in [1.807, 2.05) is 29.9 Å². The van der Waals surface area contributed by atoms with Crippen molar-refractivity contribution in [2.24, 2.45) is 7.05 Å². The predicted molar refractivity (Wildman–Crippen MR) is 49.0 cm³/mol. The van der Waals surface area contributed by atoms with Crippen molar-refractivity contribution >= 4 is 10.4 Å². The van der Waals surface area contributed by atoms with E-state index < -0.39 is 10.4 Å². The molecular formula is C8H10N2O4S. The first-order chi connectivity index (χ1) is 6.89. The molecule has 0 unspecified atom stereocenters. The van der Waals surface area contributed by atoms with Gasteiger partial charge in [-0.3, -0.25) is 4.18 Å². The Morgan fingerprint density at radius 1 is 1.60 bits per heavy atom. The summed E-state index contributed by atoms with van der Waals surface area (Å²) in [5.41, 5.74) is 0.694. The van der Waals surface area contributed by atoms with Crippen LogP contribution in [0.5, 0.6) is 0 Å². The molecule has 0 fully saturated rings. The van der Waals surface area contributed by atoms with Crippen LogP contribution in [0.2, 0.25) is 0 Å². The standard InChI is InChI=1S/C7H7N2.CH4O4S/c1-9-4-2-3-7(5-8)6-9;1-5-6(2,3)4/h2-4,6H,1H3;1H3,(H,2,3,4)/q+1;/p-1. The van der Waals surface area contributed by atoms with Gasteiger partial charge in [-0.1, -0.05) is 0 Å². The summed E-state index contributed by atoms with van der Waals surface area (Å²) in [6.45, 7) is 0. The van der Waals surface area contributed by atoms with E-state index in [-0.39, 0.29) is 0 Å².